The lowest BCUT2D eigenvalue weighted by atomic mass is 10.0. The topological polar surface area (TPSA) is 23.6 Å². The van der Waals surface area contributed by atoms with Crippen LogP contribution in [0.3, 0.4) is 0 Å². The van der Waals surface area contributed by atoms with E-state index in [0.717, 1.165) is 24.5 Å². The number of benzene rings is 1. The number of fused-ring (bicyclic) bond motifs is 1. The summed E-state index contributed by atoms with van der Waals surface area (Å²) in [5, 5.41) is 0. The molecular weight excluding hydrogens is 212 g/mol. The van der Waals surface area contributed by atoms with Crippen LogP contribution in [0, 0.1) is 0 Å². The highest BCUT2D eigenvalue weighted by Crippen LogP contribution is 2.36. The largest absolute Gasteiger partial charge is 0.363 e. The zero-order chi connectivity index (χ0) is 12.6. The van der Waals surface area contributed by atoms with Crippen LogP contribution in [-0.2, 0) is 4.79 Å². The summed E-state index contributed by atoms with van der Waals surface area (Å²) in [6.45, 7) is 9.89. The van der Waals surface area contributed by atoms with Gasteiger partial charge in [-0.2, -0.15) is 0 Å². The molecule has 0 spiro atoms. The third-order valence-corrected chi connectivity index (χ3v) is 3.20. The fourth-order valence-electron chi connectivity index (χ4n) is 2.39. The van der Waals surface area contributed by atoms with Gasteiger partial charge in [-0.1, -0.05) is 12.1 Å². The second kappa shape index (κ2) is 4.06. The van der Waals surface area contributed by atoms with E-state index in [2.05, 4.69) is 31.7 Å². The van der Waals surface area contributed by atoms with Crippen molar-refractivity contribution in [2.75, 3.05) is 22.9 Å². The predicted molar refractivity (Wildman–Crippen MR) is 71.6 cm³/mol. The van der Waals surface area contributed by atoms with Crippen LogP contribution in [0.25, 0.3) is 0 Å². The number of para-hydroxylation sites is 2. The first-order valence-electron chi connectivity index (χ1n) is 6.06. The van der Waals surface area contributed by atoms with Crippen molar-refractivity contribution in [1.29, 1.82) is 0 Å². The number of rotatable bonds is 0. The van der Waals surface area contributed by atoms with Crippen molar-refractivity contribution in [1.82, 2.24) is 0 Å². The molecular formula is C14H20N2O. The first-order valence-corrected chi connectivity index (χ1v) is 6.06. The normalized spacial score (nSPS) is 15.8. The van der Waals surface area contributed by atoms with E-state index in [9.17, 15) is 4.79 Å². The van der Waals surface area contributed by atoms with Gasteiger partial charge in [-0.3, -0.25) is 4.79 Å². The predicted octanol–water partition coefficient (Wildman–Crippen LogP) is 2.66. The van der Waals surface area contributed by atoms with E-state index in [0.29, 0.717) is 0 Å². The summed E-state index contributed by atoms with van der Waals surface area (Å²) in [5.74, 6) is 0.117. The Hall–Kier alpha value is -1.51. The number of carbonyl (C=O) groups excluding carboxylic acids is 1. The lowest BCUT2D eigenvalue weighted by Gasteiger charge is -2.44. The van der Waals surface area contributed by atoms with Gasteiger partial charge < -0.3 is 9.80 Å². The Labute approximate surface area is 103 Å². The van der Waals surface area contributed by atoms with Gasteiger partial charge in [-0.25, -0.2) is 0 Å². The molecule has 1 aliphatic rings. The first-order chi connectivity index (χ1) is 7.91. The zero-order valence-electron chi connectivity index (χ0n) is 11.0. The number of hydrogen-bond donors (Lipinski definition) is 0. The molecule has 3 nitrogen and oxygen atoms in total. The molecule has 2 rings (SSSR count). The summed E-state index contributed by atoms with van der Waals surface area (Å²) >= 11 is 0. The zero-order valence-corrected chi connectivity index (χ0v) is 11.0. The molecule has 0 atom stereocenters. The molecule has 1 heterocycles. The van der Waals surface area contributed by atoms with Gasteiger partial charge in [0.05, 0.1) is 11.4 Å². The minimum atomic E-state index is 0.0823. The molecule has 0 N–H and O–H groups in total. The van der Waals surface area contributed by atoms with Gasteiger partial charge in [-0.05, 0) is 32.9 Å². The van der Waals surface area contributed by atoms with Crippen LogP contribution >= 0.6 is 0 Å². The van der Waals surface area contributed by atoms with Gasteiger partial charge in [0.1, 0.15) is 0 Å². The van der Waals surface area contributed by atoms with Crippen molar-refractivity contribution in [3.8, 4) is 0 Å². The SMILES string of the molecule is CC(=O)N1CCN(C(C)(C)C)c2ccccc21. The maximum absolute atomic E-state index is 11.6. The second-order valence-electron chi connectivity index (χ2n) is 5.48. The van der Waals surface area contributed by atoms with Gasteiger partial charge in [0.2, 0.25) is 5.91 Å². The highest BCUT2D eigenvalue weighted by Gasteiger charge is 2.30. The Kier molecular flexibility index (Phi) is 2.86. The van der Waals surface area contributed by atoms with E-state index in [1.54, 1.807) is 6.92 Å². The van der Waals surface area contributed by atoms with Crippen LogP contribution in [0.15, 0.2) is 24.3 Å². The van der Waals surface area contributed by atoms with E-state index >= 15 is 0 Å². The average molecular weight is 232 g/mol. The van der Waals surface area contributed by atoms with Crippen LogP contribution in [0.5, 0.6) is 0 Å². The number of carbonyl (C=O) groups is 1. The van der Waals surface area contributed by atoms with Crippen LogP contribution in [-0.4, -0.2) is 24.5 Å². The number of amides is 1. The molecule has 3 heteroatoms. The van der Waals surface area contributed by atoms with E-state index in [1.807, 2.05) is 23.1 Å². The summed E-state index contributed by atoms with van der Waals surface area (Å²) in [4.78, 5) is 15.8. The minimum Gasteiger partial charge on any atom is -0.363 e. The van der Waals surface area contributed by atoms with Gasteiger partial charge in [-0.15, -0.1) is 0 Å². The van der Waals surface area contributed by atoms with E-state index in [-0.39, 0.29) is 11.4 Å². The summed E-state index contributed by atoms with van der Waals surface area (Å²) in [6, 6.07) is 8.13. The lowest BCUT2D eigenvalue weighted by molar-refractivity contribution is -0.116. The Morgan fingerprint density at radius 2 is 1.71 bits per heavy atom. The molecule has 0 aliphatic carbocycles. The Morgan fingerprint density at radius 1 is 1.12 bits per heavy atom. The number of hydrogen-bond acceptors (Lipinski definition) is 2. The fourth-order valence-corrected chi connectivity index (χ4v) is 2.39. The van der Waals surface area contributed by atoms with Gasteiger partial charge in [0, 0.05) is 25.6 Å². The van der Waals surface area contributed by atoms with Crippen LogP contribution in [0.4, 0.5) is 11.4 Å². The summed E-state index contributed by atoms with van der Waals surface area (Å²) in [5.41, 5.74) is 2.27. The molecule has 0 fully saturated rings. The maximum Gasteiger partial charge on any atom is 0.223 e. The van der Waals surface area contributed by atoms with Gasteiger partial charge in [0.25, 0.3) is 0 Å². The first kappa shape index (κ1) is 12.0. The quantitative estimate of drug-likeness (QED) is 0.686. The molecule has 0 bridgehead atoms. The molecule has 0 saturated carbocycles. The molecule has 1 aromatic rings. The molecule has 92 valence electrons. The summed E-state index contributed by atoms with van der Waals surface area (Å²) in [6.07, 6.45) is 0. The standard InChI is InChI=1S/C14H20N2O/c1-11(17)15-9-10-16(14(2,3)4)13-8-6-5-7-12(13)15/h5-8H,9-10H2,1-4H3. The summed E-state index contributed by atoms with van der Waals surface area (Å²) in [7, 11) is 0. The molecule has 1 aromatic carbocycles. The van der Waals surface area contributed by atoms with Crippen molar-refractivity contribution in [3.63, 3.8) is 0 Å². The Bertz CT molecular complexity index is 434. The van der Waals surface area contributed by atoms with Gasteiger partial charge >= 0.3 is 0 Å². The molecule has 1 aliphatic heterocycles. The number of nitrogens with zero attached hydrogens (tertiary/aromatic N) is 2. The van der Waals surface area contributed by atoms with E-state index < -0.39 is 0 Å². The van der Waals surface area contributed by atoms with E-state index in [4.69, 9.17) is 0 Å². The third-order valence-electron chi connectivity index (χ3n) is 3.20. The smallest absolute Gasteiger partial charge is 0.223 e. The van der Waals surface area contributed by atoms with Crippen LogP contribution in [0.2, 0.25) is 0 Å². The Balaban J connectivity index is 2.47. The van der Waals surface area contributed by atoms with Crippen LogP contribution < -0.4 is 9.80 Å². The molecule has 0 unspecified atom stereocenters. The van der Waals surface area contributed by atoms with E-state index in [1.165, 1.54) is 0 Å². The number of anilines is 2. The monoisotopic (exact) mass is 232 g/mol. The fraction of sp³-hybridized carbons (Fsp3) is 0.500. The van der Waals surface area contributed by atoms with Crippen LogP contribution in [0.1, 0.15) is 27.7 Å². The highest BCUT2D eigenvalue weighted by molar-refractivity contribution is 5.96. The molecule has 17 heavy (non-hydrogen) atoms. The second-order valence-corrected chi connectivity index (χ2v) is 5.48. The molecule has 1 amide bonds. The molecule has 0 radical (unpaired) electrons. The molecule has 0 saturated heterocycles. The van der Waals surface area contributed by atoms with Gasteiger partial charge in [0.15, 0.2) is 0 Å². The maximum atomic E-state index is 11.6. The third kappa shape index (κ3) is 2.14. The van der Waals surface area contributed by atoms with Crippen molar-refractivity contribution in [3.05, 3.63) is 24.3 Å². The van der Waals surface area contributed by atoms with Crippen molar-refractivity contribution in [2.24, 2.45) is 0 Å². The Morgan fingerprint density at radius 3 is 2.24 bits per heavy atom. The van der Waals surface area contributed by atoms with Crippen molar-refractivity contribution < 1.29 is 4.79 Å². The average Bonchev–Trinajstić information content (AvgIpc) is 2.26. The highest BCUT2D eigenvalue weighted by atomic mass is 16.2. The van der Waals surface area contributed by atoms with Crippen molar-refractivity contribution >= 4 is 17.3 Å². The summed E-state index contributed by atoms with van der Waals surface area (Å²) < 4.78 is 0. The molecule has 0 aromatic heterocycles. The lowest BCUT2D eigenvalue weighted by Crippen LogP contribution is -2.50. The minimum absolute atomic E-state index is 0.0823. The van der Waals surface area contributed by atoms with Crippen molar-refractivity contribution in [2.45, 2.75) is 33.2 Å².